The number of hydrazine groups is 1. The predicted octanol–water partition coefficient (Wildman–Crippen LogP) is 2.89. The van der Waals surface area contributed by atoms with Gasteiger partial charge in [-0.1, -0.05) is 50.3 Å². The molecule has 0 spiro atoms. The largest absolute Gasteiger partial charge is 0.325 e. The van der Waals surface area contributed by atoms with Gasteiger partial charge in [0.15, 0.2) is 0 Å². The zero-order valence-electron chi connectivity index (χ0n) is 11.4. The summed E-state index contributed by atoms with van der Waals surface area (Å²) >= 11 is 0. The van der Waals surface area contributed by atoms with Crippen molar-refractivity contribution in [2.75, 3.05) is 11.9 Å². The average Bonchev–Trinajstić information content (AvgIpc) is 2.48. The molecule has 0 radical (unpaired) electrons. The summed E-state index contributed by atoms with van der Waals surface area (Å²) < 4.78 is 0. The second-order valence-electron chi connectivity index (χ2n) is 5.16. The second-order valence-corrected chi connectivity index (χ2v) is 5.16. The van der Waals surface area contributed by atoms with Gasteiger partial charge in [0.25, 0.3) is 0 Å². The number of anilines is 1. The summed E-state index contributed by atoms with van der Waals surface area (Å²) in [4.78, 5) is 4.50. The van der Waals surface area contributed by atoms with Crippen molar-refractivity contribution in [1.82, 2.24) is 5.43 Å². The normalized spacial score (nSPS) is 17.2. The van der Waals surface area contributed by atoms with Crippen molar-refractivity contribution in [3.63, 3.8) is 0 Å². The van der Waals surface area contributed by atoms with Crippen molar-refractivity contribution in [2.45, 2.75) is 38.5 Å². The van der Waals surface area contributed by atoms with Gasteiger partial charge in [-0.15, -0.1) is 0 Å². The molecule has 0 unspecified atom stereocenters. The van der Waals surface area contributed by atoms with Crippen molar-refractivity contribution >= 4 is 11.6 Å². The molecular weight excluding hydrogens is 236 g/mol. The molecule has 0 amide bonds. The van der Waals surface area contributed by atoms with E-state index >= 15 is 0 Å². The van der Waals surface area contributed by atoms with E-state index in [1.165, 1.54) is 38.5 Å². The fourth-order valence-electron chi connectivity index (χ4n) is 2.61. The molecule has 0 aliphatic heterocycles. The van der Waals surface area contributed by atoms with Gasteiger partial charge in [0, 0.05) is 12.2 Å². The van der Waals surface area contributed by atoms with Gasteiger partial charge in [-0.25, -0.2) is 5.84 Å². The van der Waals surface area contributed by atoms with Gasteiger partial charge in [0.05, 0.1) is 0 Å². The van der Waals surface area contributed by atoms with E-state index in [4.69, 9.17) is 5.84 Å². The van der Waals surface area contributed by atoms with Crippen LogP contribution in [-0.4, -0.2) is 12.5 Å². The highest BCUT2D eigenvalue weighted by Gasteiger charge is 2.12. The van der Waals surface area contributed by atoms with E-state index in [-0.39, 0.29) is 0 Å². The van der Waals surface area contributed by atoms with Crippen LogP contribution in [-0.2, 0) is 0 Å². The highest BCUT2D eigenvalue weighted by Crippen LogP contribution is 2.26. The molecule has 1 aromatic rings. The Bertz CT molecular complexity index is 382. The molecule has 1 saturated carbocycles. The Labute approximate surface area is 115 Å². The lowest BCUT2D eigenvalue weighted by Crippen LogP contribution is -2.36. The summed E-state index contributed by atoms with van der Waals surface area (Å²) in [6.45, 7) is 0.837. The molecule has 0 aromatic heterocycles. The van der Waals surface area contributed by atoms with Crippen LogP contribution in [0.2, 0.25) is 0 Å². The minimum Gasteiger partial charge on any atom is -0.325 e. The lowest BCUT2D eigenvalue weighted by atomic mass is 9.87. The number of guanidine groups is 1. The Kier molecular flexibility index (Phi) is 5.69. The van der Waals surface area contributed by atoms with Crippen molar-refractivity contribution < 1.29 is 0 Å². The van der Waals surface area contributed by atoms with Gasteiger partial charge >= 0.3 is 0 Å². The van der Waals surface area contributed by atoms with Crippen LogP contribution in [0.1, 0.15) is 38.5 Å². The van der Waals surface area contributed by atoms with Gasteiger partial charge in [0.1, 0.15) is 0 Å². The highest BCUT2D eigenvalue weighted by atomic mass is 15.3. The Morgan fingerprint density at radius 3 is 2.58 bits per heavy atom. The van der Waals surface area contributed by atoms with E-state index in [1.807, 2.05) is 30.3 Å². The molecule has 4 nitrogen and oxygen atoms in total. The first-order chi connectivity index (χ1) is 9.38. The molecule has 4 heteroatoms. The van der Waals surface area contributed by atoms with Crippen LogP contribution in [0.5, 0.6) is 0 Å². The molecule has 1 fully saturated rings. The molecular formula is C15H24N4. The van der Waals surface area contributed by atoms with E-state index in [0.717, 1.165) is 18.2 Å². The molecule has 2 rings (SSSR count). The summed E-state index contributed by atoms with van der Waals surface area (Å²) in [7, 11) is 0. The van der Waals surface area contributed by atoms with Gasteiger partial charge in [0.2, 0.25) is 5.96 Å². The number of hydrogen-bond acceptors (Lipinski definition) is 2. The molecule has 1 aliphatic carbocycles. The predicted molar refractivity (Wildman–Crippen MR) is 80.9 cm³/mol. The van der Waals surface area contributed by atoms with Crippen LogP contribution in [0.4, 0.5) is 5.69 Å². The Morgan fingerprint density at radius 1 is 1.16 bits per heavy atom. The van der Waals surface area contributed by atoms with E-state index in [2.05, 4.69) is 15.7 Å². The first-order valence-electron chi connectivity index (χ1n) is 7.21. The number of nitrogens with two attached hydrogens (primary N) is 1. The molecule has 0 bridgehead atoms. The minimum absolute atomic E-state index is 0.641. The van der Waals surface area contributed by atoms with Gasteiger partial charge in [-0.05, 0) is 24.5 Å². The molecule has 1 aliphatic rings. The van der Waals surface area contributed by atoms with Gasteiger partial charge in [-0.2, -0.15) is 0 Å². The molecule has 0 heterocycles. The Morgan fingerprint density at radius 2 is 1.89 bits per heavy atom. The maximum atomic E-state index is 5.50. The fraction of sp³-hybridized carbons (Fsp3) is 0.533. The maximum Gasteiger partial charge on any atom is 0.210 e. The first kappa shape index (κ1) is 13.9. The topological polar surface area (TPSA) is 62.4 Å². The van der Waals surface area contributed by atoms with Crippen LogP contribution >= 0.6 is 0 Å². The third-order valence-corrected chi connectivity index (χ3v) is 3.71. The monoisotopic (exact) mass is 260 g/mol. The standard InChI is InChI=1S/C15H24N4/c16-19-15(18-14-9-5-2-6-10-14)17-12-11-13-7-3-1-4-8-13/h2,5-6,9-10,13H,1,3-4,7-8,11-12,16H2,(H2,17,18,19). The summed E-state index contributed by atoms with van der Waals surface area (Å²) in [5.74, 6) is 6.99. The molecule has 0 saturated heterocycles. The van der Waals surface area contributed by atoms with Crippen molar-refractivity contribution in [2.24, 2.45) is 16.8 Å². The third-order valence-electron chi connectivity index (χ3n) is 3.71. The summed E-state index contributed by atoms with van der Waals surface area (Å²) in [6, 6.07) is 9.94. The van der Waals surface area contributed by atoms with Crippen molar-refractivity contribution in [3.05, 3.63) is 30.3 Å². The number of rotatable bonds is 4. The van der Waals surface area contributed by atoms with Gasteiger partial charge < -0.3 is 5.32 Å². The number of hydrogen-bond donors (Lipinski definition) is 3. The number of nitrogens with zero attached hydrogens (tertiary/aromatic N) is 1. The molecule has 1 aromatic carbocycles. The molecule has 0 atom stereocenters. The first-order valence-corrected chi connectivity index (χ1v) is 7.21. The molecule has 4 N–H and O–H groups in total. The van der Waals surface area contributed by atoms with Crippen LogP contribution < -0.4 is 16.6 Å². The van der Waals surface area contributed by atoms with E-state index in [0.29, 0.717) is 5.96 Å². The summed E-state index contributed by atoms with van der Waals surface area (Å²) in [5, 5.41) is 3.18. The SMILES string of the molecule is NNC(=NCCC1CCCCC1)Nc1ccccc1. The maximum absolute atomic E-state index is 5.50. The molecule has 104 valence electrons. The Balaban J connectivity index is 1.78. The summed E-state index contributed by atoms with van der Waals surface area (Å²) in [6.07, 6.45) is 8.09. The van der Waals surface area contributed by atoms with Crippen LogP contribution in [0.25, 0.3) is 0 Å². The number of aliphatic imine (C=N–C) groups is 1. The van der Waals surface area contributed by atoms with Gasteiger partial charge in [-0.3, -0.25) is 10.4 Å². The van der Waals surface area contributed by atoms with Crippen molar-refractivity contribution in [3.8, 4) is 0 Å². The fourth-order valence-corrected chi connectivity index (χ4v) is 2.61. The zero-order chi connectivity index (χ0) is 13.3. The Hall–Kier alpha value is -1.55. The summed E-state index contributed by atoms with van der Waals surface area (Å²) in [5.41, 5.74) is 3.62. The van der Waals surface area contributed by atoms with Crippen LogP contribution in [0, 0.1) is 5.92 Å². The minimum atomic E-state index is 0.641. The smallest absolute Gasteiger partial charge is 0.210 e. The lowest BCUT2D eigenvalue weighted by molar-refractivity contribution is 0.343. The van der Waals surface area contributed by atoms with E-state index < -0.39 is 0 Å². The third kappa shape index (κ3) is 4.91. The number of benzene rings is 1. The zero-order valence-corrected chi connectivity index (χ0v) is 11.4. The van der Waals surface area contributed by atoms with E-state index in [1.54, 1.807) is 0 Å². The lowest BCUT2D eigenvalue weighted by Gasteiger charge is -2.20. The van der Waals surface area contributed by atoms with Crippen LogP contribution in [0.3, 0.4) is 0 Å². The molecule has 19 heavy (non-hydrogen) atoms. The van der Waals surface area contributed by atoms with Crippen LogP contribution in [0.15, 0.2) is 35.3 Å². The number of para-hydroxylation sites is 1. The number of nitrogens with one attached hydrogen (secondary N) is 2. The van der Waals surface area contributed by atoms with Crippen molar-refractivity contribution in [1.29, 1.82) is 0 Å². The highest BCUT2D eigenvalue weighted by molar-refractivity contribution is 5.93. The average molecular weight is 260 g/mol. The quantitative estimate of drug-likeness (QED) is 0.337. The van der Waals surface area contributed by atoms with E-state index in [9.17, 15) is 0 Å². The second kappa shape index (κ2) is 7.79.